The van der Waals surface area contributed by atoms with E-state index in [0.717, 1.165) is 6.42 Å². The van der Waals surface area contributed by atoms with E-state index in [1.807, 2.05) is 26.8 Å². The largest absolute Gasteiger partial charge is 0.328 e. The molecule has 0 bridgehead atoms. The maximum Gasteiger partial charge on any atom is 0.00507 e. The Morgan fingerprint density at radius 1 is 1.50 bits per heavy atom. The first-order chi connectivity index (χ1) is 4.70. The van der Waals surface area contributed by atoms with Crippen molar-refractivity contribution in [1.29, 1.82) is 0 Å². The van der Waals surface area contributed by atoms with E-state index in [2.05, 4.69) is 12.2 Å². The Kier molecular flexibility index (Phi) is 4.95. The van der Waals surface area contributed by atoms with E-state index in [4.69, 9.17) is 5.73 Å². The van der Waals surface area contributed by atoms with Crippen LogP contribution in [0.25, 0.3) is 0 Å². The van der Waals surface area contributed by atoms with Crippen molar-refractivity contribution in [3.8, 4) is 0 Å². The molecule has 0 unspecified atom stereocenters. The molecule has 0 heterocycles. The molecule has 2 N–H and O–H groups in total. The molecule has 1 atom stereocenters. The maximum absolute atomic E-state index is 5.62. The van der Waals surface area contributed by atoms with E-state index in [0.29, 0.717) is 0 Å². The van der Waals surface area contributed by atoms with Gasteiger partial charge in [-0.2, -0.15) is 0 Å². The van der Waals surface area contributed by atoms with Crippen molar-refractivity contribution >= 4 is 0 Å². The van der Waals surface area contributed by atoms with Crippen molar-refractivity contribution in [1.82, 2.24) is 0 Å². The number of allylic oxidation sites excluding steroid dienone is 3. The van der Waals surface area contributed by atoms with Gasteiger partial charge >= 0.3 is 0 Å². The average Bonchev–Trinajstić information content (AvgIpc) is 1.86. The SMILES string of the molecule is C/C=C\C(=C/C)C[C@@H](C)N. The molecule has 0 aliphatic rings. The van der Waals surface area contributed by atoms with E-state index in [1.54, 1.807) is 0 Å². The van der Waals surface area contributed by atoms with Crippen LogP contribution in [-0.4, -0.2) is 6.04 Å². The second kappa shape index (κ2) is 5.24. The maximum atomic E-state index is 5.62. The summed E-state index contributed by atoms with van der Waals surface area (Å²) in [5, 5.41) is 0. The lowest BCUT2D eigenvalue weighted by Gasteiger charge is -2.04. The zero-order chi connectivity index (χ0) is 7.98. The Morgan fingerprint density at radius 2 is 2.10 bits per heavy atom. The summed E-state index contributed by atoms with van der Waals surface area (Å²) in [4.78, 5) is 0. The van der Waals surface area contributed by atoms with Gasteiger partial charge in [0.2, 0.25) is 0 Å². The first kappa shape index (κ1) is 9.44. The highest BCUT2D eigenvalue weighted by Crippen LogP contribution is 2.04. The van der Waals surface area contributed by atoms with Crippen molar-refractivity contribution < 1.29 is 0 Å². The van der Waals surface area contributed by atoms with Crippen molar-refractivity contribution in [2.45, 2.75) is 33.2 Å². The average molecular weight is 139 g/mol. The van der Waals surface area contributed by atoms with E-state index in [1.165, 1.54) is 5.57 Å². The van der Waals surface area contributed by atoms with Gasteiger partial charge in [-0.25, -0.2) is 0 Å². The molecule has 0 spiro atoms. The first-order valence-electron chi connectivity index (χ1n) is 3.74. The number of hydrogen-bond acceptors (Lipinski definition) is 1. The highest BCUT2D eigenvalue weighted by molar-refractivity contribution is 5.17. The lowest BCUT2D eigenvalue weighted by Crippen LogP contribution is -2.14. The fourth-order valence-corrected chi connectivity index (χ4v) is 0.868. The normalized spacial score (nSPS) is 16.2. The molecule has 0 saturated carbocycles. The number of rotatable bonds is 3. The summed E-state index contributed by atoms with van der Waals surface area (Å²) in [5.74, 6) is 0. The van der Waals surface area contributed by atoms with Crippen molar-refractivity contribution in [3.63, 3.8) is 0 Å². The van der Waals surface area contributed by atoms with Crippen LogP contribution in [0.4, 0.5) is 0 Å². The summed E-state index contributed by atoms with van der Waals surface area (Å²) >= 11 is 0. The molecule has 0 radical (unpaired) electrons. The topological polar surface area (TPSA) is 26.0 Å². The summed E-state index contributed by atoms with van der Waals surface area (Å²) in [6.45, 7) is 6.08. The fourth-order valence-electron chi connectivity index (χ4n) is 0.868. The minimum atomic E-state index is 0.266. The van der Waals surface area contributed by atoms with Crippen molar-refractivity contribution in [2.75, 3.05) is 0 Å². The third kappa shape index (κ3) is 4.33. The third-order valence-electron chi connectivity index (χ3n) is 1.31. The third-order valence-corrected chi connectivity index (χ3v) is 1.31. The van der Waals surface area contributed by atoms with Crippen LogP contribution < -0.4 is 5.73 Å². The second-order valence-corrected chi connectivity index (χ2v) is 2.54. The van der Waals surface area contributed by atoms with Crippen LogP contribution in [-0.2, 0) is 0 Å². The minimum Gasteiger partial charge on any atom is -0.328 e. The monoisotopic (exact) mass is 139 g/mol. The summed E-state index contributed by atoms with van der Waals surface area (Å²) < 4.78 is 0. The molecule has 1 heteroatoms. The lowest BCUT2D eigenvalue weighted by molar-refractivity contribution is 0.740. The van der Waals surface area contributed by atoms with Crippen LogP contribution in [0.15, 0.2) is 23.8 Å². The summed E-state index contributed by atoms with van der Waals surface area (Å²) in [6.07, 6.45) is 7.21. The summed E-state index contributed by atoms with van der Waals surface area (Å²) in [6, 6.07) is 0.266. The van der Waals surface area contributed by atoms with Crippen LogP contribution in [0.3, 0.4) is 0 Å². The van der Waals surface area contributed by atoms with Gasteiger partial charge in [0, 0.05) is 6.04 Å². The molecule has 0 amide bonds. The predicted molar refractivity (Wildman–Crippen MR) is 46.8 cm³/mol. The standard InChI is InChI=1S/C9H17N/c1-4-6-9(5-2)7-8(3)10/h4-6,8H,7,10H2,1-3H3/b6-4-,9-5+/t8-/m1/s1. The van der Waals surface area contributed by atoms with Crippen LogP contribution in [0, 0.1) is 0 Å². The molecule has 0 aliphatic carbocycles. The van der Waals surface area contributed by atoms with Gasteiger partial charge in [0.05, 0.1) is 0 Å². The molecule has 0 aliphatic heterocycles. The Labute approximate surface area is 63.6 Å². The molecular weight excluding hydrogens is 122 g/mol. The molecular formula is C9H17N. The predicted octanol–water partition coefficient (Wildman–Crippen LogP) is 2.25. The van der Waals surface area contributed by atoms with Gasteiger partial charge in [-0.1, -0.05) is 23.8 Å². The highest BCUT2D eigenvalue weighted by Gasteiger charge is 1.94. The van der Waals surface area contributed by atoms with E-state index >= 15 is 0 Å². The second-order valence-electron chi connectivity index (χ2n) is 2.54. The molecule has 10 heavy (non-hydrogen) atoms. The van der Waals surface area contributed by atoms with Crippen molar-refractivity contribution in [3.05, 3.63) is 23.8 Å². The van der Waals surface area contributed by atoms with Crippen LogP contribution >= 0.6 is 0 Å². The van der Waals surface area contributed by atoms with E-state index in [-0.39, 0.29) is 6.04 Å². The van der Waals surface area contributed by atoms with Gasteiger partial charge in [0.15, 0.2) is 0 Å². The van der Waals surface area contributed by atoms with Crippen LogP contribution in [0.2, 0.25) is 0 Å². The number of nitrogens with two attached hydrogens (primary N) is 1. The smallest absolute Gasteiger partial charge is 0.00507 e. The zero-order valence-electron chi connectivity index (χ0n) is 7.09. The zero-order valence-corrected chi connectivity index (χ0v) is 7.09. The Hall–Kier alpha value is -0.560. The van der Waals surface area contributed by atoms with Crippen LogP contribution in [0.1, 0.15) is 27.2 Å². The lowest BCUT2D eigenvalue weighted by atomic mass is 10.1. The molecule has 0 aromatic rings. The molecule has 0 saturated heterocycles. The van der Waals surface area contributed by atoms with E-state index in [9.17, 15) is 0 Å². The Bertz CT molecular complexity index is 132. The molecule has 0 fully saturated rings. The van der Waals surface area contributed by atoms with Gasteiger partial charge < -0.3 is 5.73 Å². The molecule has 0 aromatic carbocycles. The summed E-state index contributed by atoms with van der Waals surface area (Å²) in [5.41, 5.74) is 6.94. The molecule has 0 aromatic heterocycles. The Balaban J connectivity index is 3.86. The van der Waals surface area contributed by atoms with Gasteiger partial charge in [-0.05, 0) is 27.2 Å². The van der Waals surface area contributed by atoms with Gasteiger partial charge in [-0.15, -0.1) is 0 Å². The van der Waals surface area contributed by atoms with Gasteiger partial charge in [0.25, 0.3) is 0 Å². The van der Waals surface area contributed by atoms with Gasteiger partial charge in [0.1, 0.15) is 0 Å². The molecule has 58 valence electrons. The quantitative estimate of drug-likeness (QED) is 0.596. The van der Waals surface area contributed by atoms with Gasteiger partial charge in [-0.3, -0.25) is 0 Å². The van der Waals surface area contributed by atoms with Crippen molar-refractivity contribution in [2.24, 2.45) is 5.73 Å². The highest BCUT2D eigenvalue weighted by atomic mass is 14.6. The first-order valence-corrected chi connectivity index (χ1v) is 3.74. The summed E-state index contributed by atoms with van der Waals surface area (Å²) in [7, 11) is 0. The number of hydrogen-bond donors (Lipinski definition) is 1. The molecule has 0 rings (SSSR count). The molecule has 1 nitrogen and oxygen atoms in total. The van der Waals surface area contributed by atoms with Crippen LogP contribution in [0.5, 0.6) is 0 Å². The van der Waals surface area contributed by atoms with E-state index < -0.39 is 0 Å². The Morgan fingerprint density at radius 3 is 2.40 bits per heavy atom. The minimum absolute atomic E-state index is 0.266. The fraction of sp³-hybridized carbons (Fsp3) is 0.556.